The summed E-state index contributed by atoms with van der Waals surface area (Å²) >= 11 is 7.23. The highest BCUT2D eigenvalue weighted by molar-refractivity contribution is 7.99. The minimum absolute atomic E-state index is 0.404. The maximum absolute atomic E-state index is 5.22. The lowest BCUT2D eigenvalue weighted by atomic mass is 10.1. The molecule has 2 heterocycles. The summed E-state index contributed by atoms with van der Waals surface area (Å²) in [5.41, 5.74) is 0. The summed E-state index contributed by atoms with van der Waals surface area (Å²) in [6.45, 7) is 4.30. The average molecular weight is 229 g/mol. The number of thioether (sulfide) groups is 1. The maximum Gasteiger partial charge on any atom is 0.195 e. The van der Waals surface area contributed by atoms with Gasteiger partial charge in [0.15, 0.2) is 4.77 Å². The van der Waals surface area contributed by atoms with Crippen LogP contribution in [-0.4, -0.2) is 26.3 Å². The van der Waals surface area contributed by atoms with Gasteiger partial charge in [0, 0.05) is 17.7 Å². The topological polar surface area (TPSA) is 33.6 Å². The number of aromatic nitrogens is 3. The molecule has 1 saturated heterocycles. The summed E-state index contributed by atoms with van der Waals surface area (Å²) in [4.78, 5) is 0. The van der Waals surface area contributed by atoms with Crippen LogP contribution in [0.1, 0.15) is 38.1 Å². The van der Waals surface area contributed by atoms with Gasteiger partial charge in [0.05, 0.1) is 0 Å². The first-order valence-corrected chi connectivity index (χ1v) is 6.51. The molecule has 78 valence electrons. The Bertz CT molecular complexity index is 360. The third-order valence-corrected chi connectivity index (χ3v) is 3.99. The number of hydrogen-bond acceptors (Lipinski definition) is 3. The molecule has 1 fully saturated rings. The van der Waals surface area contributed by atoms with Crippen LogP contribution < -0.4 is 0 Å². The van der Waals surface area contributed by atoms with Crippen LogP contribution in [0.4, 0.5) is 0 Å². The van der Waals surface area contributed by atoms with E-state index in [1.54, 1.807) is 0 Å². The number of nitrogens with zero attached hydrogens (tertiary/aromatic N) is 2. The van der Waals surface area contributed by atoms with Gasteiger partial charge in [-0.15, -0.1) is 0 Å². The van der Waals surface area contributed by atoms with E-state index in [1.165, 1.54) is 17.9 Å². The van der Waals surface area contributed by atoms with E-state index in [0.717, 1.165) is 10.6 Å². The van der Waals surface area contributed by atoms with Gasteiger partial charge in [0.25, 0.3) is 0 Å². The summed E-state index contributed by atoms with van der Waals surface area (Å²) in [5, 5.41) is 7.25. The third-order valence-electron chi connectivity index (χ3n) is 2.54. The van der Waals surface area contributed by atoms with Crippen molar-refractivity contribution in [3.63, 3.8) is 0 Å². The first-order valence-electron chi connectivity index (χ1n) is 4.94. The Morgan fingerprint density at radius 3 is 3.00 bits per heavy atom. The summed E-state index contributed by atoms with van der Waals surface area (Å²) in [6.07, 6.45) is 1.23. The number of nitrogens with one attached hydrogen (secondary N) is 1. The molecule has 0 spiro atoms. The zero-order valence-electron chi connectivity index (χ0n) is 8.49. The second kappa shape index (κ2) is 4.06. The van der Waals surface area contributed by atoms with Crippen molar-refractivity contribution in [1.29, 1.82) is 0 Å². The predicted molar refractivity (Wildman–Crippen MR) is 62.5 cm³/mol. The van der Waals surface area contributed by atoms with Gasteiger partial charge in [0.1, 0.15) is 5.82 Å². The van der Waals surface area contributed by atoms with Crippen molar-refractivity contribution in [2.45, 2.75) is 32.2 Å². The van der Waals surface area contributed by atoms with E-state index in [-0.39, 0.29) is 0 Å². The van der Waals surface area contributed by atoms with Crippen molar-refractivity contribution < 1.29 is 0 Å². The van der Waals surface area contributed by atoms with Gasteiger partial charge in [-0.3, -0.25) is 5.10 Å². The largest absolute Gasteiger partial charge is 0.301 e. The van der Waals surface area contributed by atoms with Gasteiger partial charge in [-0.25, -0.2) is 0 Å². The van der Waals surface area contributed by atoms with Crippen LogP contribution in [0.15, 0.2) is 0 Å². The standard InChI is InChI=1S/C9H15N3S2/c1-6(2)12-8(10-11-9(12)13)7-3-4-14-5-7/h6-7H,3-5H2,1-2H3,(H,11,13). The van der Waals surface area contributed by atoms with Crippen LogP contribution in [0.3, 0.4) is 0 Å². The highest BCUT2D eigenvalue weighted by Gasteiger charge is 2.23. The molecule has 1 N–H and O–H groups in total. The summed E-state index contributed by atoms with van der Waals surface area (Å²) in [7, 11) is 0. The molecule has 0 saturated carbocycles. The van der Waals surface area contributed by atoms with Gasteiger partial charge in [-0.2, -0.15) is 16.9 Å². The molecule has 14 heavy (non-hydrogen) atoms. The van der Waals surface area contributed by atoms with Gasteiger partial charge in [-0.05, 0) is 38.2 Å². The smallest absolute Gasteiger partial charge is 0.195 e. The Hall–Kier alpha value is -0.290. The number of H-pyrrole nitrogens is 1. The zero-order valence-corrected chi connectivity index (χ0v) is 10.1. The lowest BCUT2D eigenvalue weighted by molar-refractivity contribution is 0.536. The highest BCUT2D eigenvalue weighted by atomic mass is 32.2. The first-order chi connectivity index (χ1) is 6.70. The quantitative estimate of drug-likeness (QED) is 0.792. The Labute approximate surface area is 93.3 Å². The third kappa shape index (κ3) is 1.75. The first kappa shape index (κ1) is 10.2. The number of aromatic amines is 1. The van der Waals surface area contributed by atoms with Gasteiger partial charge < -0.3 is 4.57 Å². The van der Waals surface area contributed by atoms with Gasteiger partial charge in [-0.1, -0.05) is 0 Å². The summed E-state index contributed by atoms with van der Waals surface area (Å²) in [6, 6.07) is 0.404. The number of rotatable bonds is 2. The van der Waals surface area contributed by atoms with Crippen LogP contribution in [-0.2, 0) is 0 Å². The fraction of sp³-hybridized carbons (Fsp3) is 0.778. The van der Waals surface area contributed by atoms with Crippen molar-refractivity contribution in [1.82, 2.24) is 14.8 Å². The van der Waals surface area contributed by atoms with E-state index in [0.29, 0.717) is 12.0 Å². The Balaban J connectivity index is 2.37. The minimum atomic E-state index is 0.404. The Morgan fingerprint density at radius 1 is 1.64 bits per heavy atom. The summed E-state index contributed by atoms with van der Waals surface area (Å²) < 4.78 is 2.90. The number of hydrogen-bond donors (Lipinski definition) is 1. The second-order valence-corrected chi connectivity index (χ2v) is 5.45. The van der Waals surface area contributed by atoms with Gasteiger partial charge >= 0.3 is 0 Å². The monoisotopic (exact) mass is 229 g/mol. The average Bonchev–Trinajstić information content (AvgIpc) is 2.70. The minimum Gasteiger partial charge on any atom is -0.301 e. The van der Waals surface area contributed by atoms with Crippen molar-refractivity contribution >= 4 is 24.0 Å². The SMILES string of the molecule is CC(C)n1c(C2CCSC2)n[nH]c1=S. The molecular weight excluding hydrogens is 214 g/mol. The van der Waals surface area contributed by atoms with E-state index in [4.69, 9.17) is 12.2 Å². The van der Waals surface area contributed by atoms with Gasteiger partial charge in [0.2, 0.25) is 0 Å². The molecule has 1 aromatic rings. The predicted octanol–water partition coefficient (Wildman–Crippen LogP) is 2.74. The molecule has 0 aromatic carbocycles. The highest BCUT2D eigenvalue weighted by Crippen LogP contribution is 2.32. The molecule has 2 rings (SSSR count). The molecule has 1 atom stereocenters. The molecular formula is C9H15N3S2. The Morgan fingerprint density at radius 2 is 2.43 bits per heavy atom. The van der Waals surface area contributed by atoms with Crippen molar-refractivity contribution in [3.8, 4) is 0 Å². The fourth-order valence-electron chi connectivity index (χ4n) is 1.84. The van der Waals surface area contributed by atoms with Crippen LogP contribution in [0.5, 0.6) is 0 Å². The van der Waals surface area contributed by atoms with Crippen molar-refractivity contribution in [2.24, 2.45) is 0 Å². The van der Waals surface area contributed by atoms with E-state index in [2.05, 4.69) is 28.6 Å². The van der Waals surface area contributed by atoms with Crippen LogP contribution in [0.25, 0.3) is 0 Å². The normalized spacial score (nSPS) is 22.1. The molecule has 0 amide bonds. The fourth-order valence-corrected chi connectivity index (χ4v) is 3.41. The molecule has 3 nitrogen and oxygen atoms in total. The lowest BCUT2D eigenvalue weighted by Crippen LogP contribution is -2.11. The zero-order chi connectivity index (χ0) is 10.1. The lowest BCUT2D eigenvalue weighted by Gasteiger charge is -2.13. The molecule has 0 bridgehead atoms. The van der Waals surface area contributed by atoms with Crippen molar-refractivity contribution in [3.05, 3.63) is 10.6 Å². The van der Waals surface area contributed by atoms with E-state index >= 15 is 0 Å². The van der Waals surface area contributed by atoms with Crippen molar-refractivity contribution in [2.75, 3.05) is 11.5 Å². The van der Waals surface area contributed by atoms with Crippen LogP contribution in [0.2, 0.25) is 0 Å². The molecule has 1 aliphatic heterocycles. The molecule has 5 heteroatoms. The molecule has 1 aromatic heterocycles. The van der Waals surface area contributed by atoms with Crippen LogP contribution >= 0.6 is 24.0 Å². The maximum atomic E-state index is 5.22. The van der Waals surface area contributed by atoms with E-state index in [1.807, 2.05) is 11.8 Å². The molecule has 0 radical (unpaired) electrons. The summed E-state index contributed by atoms with van der Waals surface area (Å²) in [5.74, 6) is 4.18. The molecule has 1 aliphatic rings. The Kier molecular flexibility index (Phi) is 2.97. The second-order valence-electron chi connectivity index (χ2n) is 3.91. The molecule has 0 aliphatic carbocycles. The van der Waals surface area contributed by atoms with E-state index in [9.17, 15) is 0 Å². The molecule has 1 unspecified atom stereocenters. The van der Waals surface area contributed by atoms with E-state index < -0.39 is 0 Å². The van der Waals surface area contributed by atoms with Crippen LogP contribution in [0, 0.1) is 4.77 Å².